The molecule has 2 aliphatic rings. The second kappa shape index (κ2) is 5.04. The lowest BCUT2D eigenvalue weighted by atomic mass is 10.0. The third-order valence-corrected chi connectivity index (χ3v) is 4.61. The van der Waals surface area contributed by atoms with E-state index in [0.29, 0.717) is 6.04 Å². The smallest absolute Gasteiger partial charge is 0.0482 e. The second-order valence-corrected chi connectivity index (χ2v) is 5.91. The van der Waals surface area contributed by atoms with Gasteiger partial charge in [0.25, 0.3) is 0 Å². The van der Waals surface area contributed by atoms with Gasteiger partial charge in [-0.2, -0.15) is 0 Å². The molecule has 4 rings (SSSR count). The molecule has 0 amide bonds. The van der Waals surface area contributed by atoms with Gasteiger partial charge in [-0.1, -0.05) is 54.6 Å². The number of rotatable bonds is 2. The first-order valence-electron chi connectivity index (χ1n) is 7.48. The molecule has 2 heteroatoms. The van der Waals surface area contributed by atoms with E-state index in [1.54, 1.807) is 5.56 Å². The molecule has 2 nitrogen and oxygen atoms in total. The Morgan fingerprint density at radius 2 is 1.70 bits per heavy atom. The fourth-order valence-corrected chi connectivity index (χ4v) is 3.57. The van der Waals surface area contributed by atoms with Crippen LogP contribution in [-0.4, -0.2) is 29.4 Å². The minimum absolute atomic E-state index is 0.601. The summed E-state index contributed by atoms with van der Waals surface area (Å²) in [5.74, 6) is 0. The van der Waals surface area contributed by atoms with E-state index in [4.69, 9.17) is 0 Å². The molecular formula is C18H20N2. The predicted octanol–water partition coefficient (Wildman–Crippen LogP) is 3.06. The summed E-state index contributed by atoms with van der Waals surface area (Å²) >= 11 is 0. The van der Waals surface area contributed by atoms with Crippen molar-refractivity contribution in [3.05, 3.63) is 71.3 Å². The molecular weight excluding hydrogens is 244 g/mol. The van der Waals surface area contributed by atoms with Crippen molar-refractivity contribution in [2.24, 2.45) is 0 Å². The van der Waals surface area contributed by atoms with Crippen LogP contribution in [0, 0.1) is 0 Å². The molecule has 1 saturated heterocycles. The summed E-state index contributed by atoms with van der Waals surface area (Å²) in [6.45, 7) is 5.74. The molecule has 2 aliphatic heterocycles. The summed E-state index contributed by atoms with van der Waals surface area (Å²) in [4.78, 5) is 5.23. The molecule has 0 bridgehead atoms. The third-order valence-electron chi connectivity index (χ3n) is 4.61. The van der Waals surface area contributed by atoms with E-state index >= 15 is 0 Å². The number of benzene rings is 2. The standard InChI is InChI=1S/C18H20N2/c1-2-6-15(7-3-1)12-19-10-11-20-13-16-8-4-5-9-17(16)18(20)14-19/h1-9,18H,10-14H2. The summed E-state index contributed by atoms with van der Waals surface area (Å²) < 4.78 is 0. The number of piperazine rings is 1. The van der Waals surface area contributed by atoms with Crippen LogP contribution in [0.15, 0.2) is 54.6 Å². The zero-order valence-corrected chi connectivity index (χ0v) is 11.7. The molecule has 1 fully saturated rings. The normalized spacial score (nSPS) is 22.5. The van der Waals surface area contributed by atoms with Crippen molar-refractivity contribution in [2.75, 3.05) is 19.6 Å². The van der Waals surface area contributed by atoms with Gasteiger partial charge in [-0.25, -0.2) is 0 Å². The third kappa shape index (κ3) is 2.15. The molecule has 0 saturated carbocycles. The maximum Gasteiger partial charge on any atom is 0.0482 e. The van der Waals surface area contributed by atoms with Crippen LogP contribution in [0.5, 0.6) is 0 Å². The number of hydrogen-bond donors (Lipinski definition) is 0. The first-order valence-corrected chi connectivity index (χ1v) is 7.48. The fraction of sp³-hybridized carbons (Fsp3) is 0.333. The molecule has 2 aromatic rings. The summed E-state index contributed by atoms with van der Waals surface area (Å²) in [6, 6.07) is 20.4. The van der Waals surface area contributed by atoms with Crippen LogP contribution in [0.3, 0.4) is 0 Å². The summed E-state index contributed by atoms with van der Waals surface area (Å²) in [6.07, 6.45) is 0. The van der Waals surface area contributed by atoms with Crippen LogP contribution in [-0.2, 0) is 13.1 Å². The van der Waals surface area contributed by atoms with E-state index in [1.165, 1.54) is 24.2 Å². The molecule has 0 aromatic heterocycles. The SMILES string of the molecule is c1ccc(CN2CCN3Cc4ccccc4C3C2)cc1. The number of fused-ring (bicyclic) bond motifs is 3. The number of hydrogen-bond acceptors (Lipinski definition) is 2. The monoisotopic (exact) mass is 264 g/mol. The van der Waals surface area contributed by atoms with Gasteiger partial charge < -0.3 is 0 Å². The van der Waals surface area contributed by atoms with Gasteiger partial charge in [0.15, 0.2) is 0 Å². The zero-order valence-electron chi connectivity index (χ0n) is 11.7. The predicted molar refractivity (Wildman–Crippen MR) is 81.3 cm³/mol. The zero-order chi connectivity index (χ0) is 13.4. The summed E-state index contributed by atoms with van der Waals surface area (Å²) in [5.41, 5.74) is 4.50. The highest BCUT2D eigenvalue weighted by Gasteiger charge is 2.34. The minimum atomic E-state index is 0.601. The summed E-state index contributed by atoms with van der Waals surface area (Å²) in [7, 11) is 0. The van der Waals surface area contributed by atoms with Crippen LogP contribution in [0.2, 0.25) is 0 Å². The summed E-state index contributed by atoms with van der Waals surface area (Å²) in [5, 5.41) is 0. The Balaban J connectivity index is 1.51. The van der Waals surface area contributed by atoms with E-state index < -0.39 is 0 Å². The lowest BCUT2D eigenvalue weighted by Crippen LogP contribution is -2.44. The quantitative estimate of drug-likeness (QED) is 0.822. The van der Waals surface area contributed by atoms with Crippen molar-refractivity contribution >= 4 is 0 Å². The maximum atomic E-state index is 2.63. The highest BCUT2D eigenvalue weighted by Crippen LogP contribution is 2.36. The molecule has 0 N–H and O–H groups in total. The van der Waals surface area contributed by atoms with Gasteiger partial charge in [0.2, 0.25) is 0 Å². The van der Waals surface area contributed by atoms with Crippen molar-refractivity contribution in [3.8, 4) is 0 Å². The van der Waals surface area contributed by atoms with Crippen molar-refractivity contribution in [1.29, 1.82) is 0 Å². The van der Waals surface area contributed by atoms with Crippen LogP contribution < -0.4 is 0 Å². The van der Waals surface area contributed by atoms with Gasteiger partial charge in [-0.15, -0.1) is 0 Å². The van der Waals surface area contributed by atoms with Crippen molar-refractivity contribution in [2.45, 2.75) is 19.1 Å². The minimum Gasteiger partial charge on any atom is -0.296 e. The van der Waals surface area contributed by atoms with Crippen molar-refractivity contribution in [3.63, 3.8) is 0 Å². The van der Waals surface area contributed by atoms with Crippen LogP contribution >= 0.6 is 0 Å². The van der Waals surface area contributed by atoms with E-state index in [2.05, 4.69) is 64.4 Å². The van der Waals surface area contributed by atoms with Gasteiger partial charge in [-0.05, 0) is 16.7 Å². The van der Waals surface area contributed by atoms with Crippen LogP contribution in [0.25, 0.3) is 0 Å². The Morgan fingerprint density at radius 3 is 2.60 bits per heavy atom. The molecule has 1 unspecified atom stereocenters. The van der Waals surface area contributed by atoms with E-state index in [-0.39, 0.29) is 0 Å². The van der Waals surface area contributed by atoms with E-state index in [1.807, 2.05) is 0 Å². The van der Waals surface area contributed by atoms with Gasteiger partial charge in [0, 0.05) is 38.8 Å². The van der Waals surface area contributed by atoms with E-state index in [9.17, 15) is 0 Å². The molecule has 0 radical (unpaired) electrons. The molecule has 20 heavy (non-hydrogen) atoms. The second-order valence-electron chi connectivity index (χ2n) is 5.91. The lowest BCUT2D eigenvalue weighted by molar-refractivity contribution is 0.0787. The number of nitrogens with zero attached hydrogens (tertiary/aromatic N) is 2. The fourth-order valence-electron chi connectivity index (χ4n) is 3.57. The van der Waals surface area contributed by atoms with Gasteiger partial charge in [0.1, 0.15) is 0 Å². The lowest BCUT2D eigenvalue weighted by Gasteiger charge is -2.37. The maximum absolute atomic E-state index is 2.63. The molecule has 0 spiro atoms. The Kier molecular flexibility index (Phi) is 3.06. The highest BCUT2D eigenvalue weighted by atomic mass is 15.3. The molecule has 102 valence electrons. The average Bonchev–Trinajstić information content (AvgIpc) is 2.86. The molecule has 1 atom stereocenters. The first-order chi connectivity index (χ1) is 9.90. The van der Waals surface area contributed by atoms with E-state index in [0.717, 1.165) is 19.6 Å². The Bertz CT molecular complexity index is 593. The van der Waals surface area contributed by atoms with Gasteiger partial charge in [0.05, 0.1) is 0 Å². The Hall–Kier alpha value is -1.64. The van der Waals surface area contributed by atoms with Crippen molar-refractivity contribution < 1.29 is 0 Å². The topological polar surface area (TPSA) is 6.48 Å². The largest absolute Gasteiger partial charge is 0.296 e. The Morgan fingerprint density at radius 1 is 0.900 bits per heavy atom. The van der Waals surface area contributed by atoms with Crippen LogP contribution in [0.1, 0.15) is 22.7 Å². The molecule has 2 aromatic carbocycles. The highest BCUT2D eigenvalue weighted by molar-refractivity contribution is 5.34. The van der Waals surface area contributed by atoms with Crippen molar-refractivity contribution in [1.82, 2.24) is 9.80 Å². The van der Waals surface area contributed by atoms with Gasteiger partial charge in [-0.3, -0.25) is 9.80 Å². The first kappa shape index (κ1) is 12.1. The average molecular weight is 264 g/mol. The Labute approximate surface area is 120 Å². The molecule has 0 aliphatic carbocycles. The van der Waals surface area contributed by atoms with Crippen LogP contribution in [0.4, 0.5) is 0 Å². The molecule has 2 heterocycles. The van der Waals surface area contributed by atoms with Gasteiger partial charge >= 0.3 is 0 Å².